The highest BCUT2D eigenvalue weighted by atomic mass is 16.3. The lowest BCUT2D eigenvalue weighted by Gasteiger charge is -2.35. The van der Waals surface area contributed by atoms with Crippen molar-refractivity contribution >= 4 is 11.8 Å². The number of amides is 2. The molecule has 4 N–H and O–H groups in total. The summed E-state index contributed by atoms with van der Waals surface area (Å²) in [4.78, 5) is 23.1. The Morgan fingerprint density at radius 2 is 1.84 bits per heavy atom. The standard InChI is InChI=1S/C25H40N2O4/c1-19(28)26-15-8-4-7-14-24(30)27-18-22-12-9-13-23(29)16-21(17-25(22,2)31)20-10-5-3-6-11-20/h3,5-6,10-11,21-23,29,31H,4,7-9,12-18H2,1-2H3,(H,26,28)(H,27,30)/t21-,22+,23-,25-/m1/s1. The van der Waals surface area contributed by atoms with Gasteiger partial charge in [0.25, 0.3) is 0 Å². The number of aliphatic hydroxyl groups excluding tert-OH is 1. The quantitative estimate of drug-likeness (QED) is 0.450. The van der Waals surface area contributed by atoms with Crippen LogP contribution in [-0.2, 0) is 9.59 Å². The van der Waals surface area contributed by atoms with Crippen molar-refractivity contribution in [2.45, 2.75) is 89.3 Å². The second-order valence-corrected chi connectivity index (χ2v) is 9.28. The van der Waals surface area contributed by atoms with E-state index in [9.17, 15) is 19.8 Å². The van der Waals surface area contributed by atoms with Gasteiger partial charge in [0.15, 0.2) is 0 Å². The topological polar surface area (TPSA) is 98.7 Å². The van der Waals surface area contributed by atoms with Crippen molar-refractivity contribution in [3.8, 4) is 0 Å². The minimum Gasteiger partial charge on any atom is -0.393 e. The molecule has 1 aromatic rings. The van der Waals surface area contributed by atoms with E-state index >= 15 is 0 Å². The van der Waals surface area contributed by atoms with E-state index in [4.69, 9.17) is 0 Å². The second-order valence-electron chi connectivity index (χ2n) is 9.28. The maximum Gasteiger partial charge on any atom is 0.220 e. The molecular formula is C25H40N2O4. The molecule has 0 aromatic heterocycles. The van der Waals surface area contributed by atoms with Crippen LogP contribution in [0, 0.1) is 5.92 Å². The molecule has 1 aromatic carbocycles. The molecule has 31 heavy (non-hydrogen) atoms. The van der Waals surface area contributed by atoms with Crippen LogP contribution in [0.3, 0.4) is 0 Å². The molecule has 0 saturated heterocycles. The molecule has 0 radical (unpaired) electrons. The van der Waals surface area contributed by atoms with Crippen LogP contribution in [0.4, 0.5) is 0 Å². The average Bonchev–Trinajstić information content (AvgIpc) is 2.77. The molecule has 1 aliphatic carbocycles. The van der Waals surface area contributed by atoms with E-state index in [-0.39, 0.29) is 29.8 Å². The third-order valence-electron chi connectivity index (χ3n) is 6.46. The van der Waals surface area contributed by atoms with Gasteiger partial charge in [-0.15, -0.1) is 0 Å². The molecule has 0 spiro atoms. The minimum absolute atomic E-state index is 0.00911. The summed E-state index contributed by atoms with van der Waals surface area (Å²) in [5.74, 6) is 0.0236. The third kappa shape index (κ3) is 9.40. The first-order valence-corrected chi connectivity index (χ1v) is 11.7. The minimum atomic E-state index is -0.920. The normalized spacial score (nSPS) is 26.9. The molecule has 1 aliphatic rings. The van der Waals surface area contributed by atoms with E-state index in [1.807, 2.05) is 25.1 Å². The monoisotopic (exact) mass is 432 g/mol. The number of unbranched alkanes of at least 4 members (excludes halogenated alkanes) is 2. The van der Waals surface area contributed by atoms with Crippen LogP contribution in [0.1, 0.15) is 83.1 Å². The van der Waals surface area contributed by atoms with E-state index < -0.39 is 5.60 Å². The second kappa shape index (κ2) is 12.8. The van der Waals surface area contributed by atoms with Crippen LogP contribution in [0.25, 0.3) is 0 Å². The summed E-state index contributed by atoms with van der Waals surface area (Å²) in [6.45, 7) is 4.48. The van der Waals surface area contributed by atoms with E-state index in [1.165, 1.54) is 6.92 Å². The van der Waals surface area contributed by atoms with Crippen molar-refractivity contribution < 1.29 is 19.8 Å². The molecule has 0 bridgehead atoms. The Hall–Kier alpha value is -1.92. The molecule has 2 amide bonds. The highest BCUT2D eigenvalue weighted by Gasteiger charge is 2.36. The number of hydrogen-bond donors (Lipinski definition) is 4. The van der Waals surface area contributed by atoms with Gasteiger partial charge in [0.2, 0.25) is 11.8 Å². The predicted molar refractivity (Wildman–Crippen MR) is 123 cm³/mol. The Morgan fingerprint density at radius 1 is 1.10 bits per heavy atom. The molecule has 0 aliphatic heterocycles. The number of rotatable bonds is 9. The van der Waals surface area contributed by atoms with E-state index in [0.717, 1.165) is 44.1 Å². The summed E-state index contributed by atoms with van der Waals surface area (Å²) in [5, 5.41) is 27.6. The van der Waals surface area contributed by atoms with Crippen LogP contribution in [0.2, 0.25) is 0 Å². The average molecular weight is 433 g/mol. The van der Waals surface area contributed by atoms with E-state index in [2.05, 4.69) is 22.8 Å². The van der Waals surface area contributed by atoms with Crippen molar-refractivity contribution in [2.75, 3.05) is 13.1 Å². The molecule has 1 fully saturated rings. The van der Waals surface area contributed by atoms with Crippen LogP contribution < -0.4 is 10.6 Å². The molecule has 6 heteroatoms. The summed E-state index contributed by atoms with van der Waals surface area (Å²) < 4.78 is 0. The number of carbonyl (C=O) groups is 2. The van der Waals surface area contributed by atoms with Gasteiger partial charge in [-0.25, -0.2) is 0 Å². The van der Waals surface area contributed by atoms with Gasteiger partial charge in [0.1, 0.15) is 0 Å². The summed E-state index contributed by atoms with van der Waals surface area (Å²) in [6.07, 6.45) is 6.19. The van der Waals surface area contributed by atoms with Gasteiger partial charge in [0.05, 0.1) is 11.7 Å². The van der Waals surface area contributed by atoms with Crippen molar-refractivity contribution in [3.05, 3.63) is 35.9 Å². The molecular weight excluding hydrogens is 392 g/mol. The zero-order valence-corrected chi connectivity index (χ0v) is 19.1. The van der Waals surface area contributed by atoms with Crippen molar-refractivity contribution in [3.63, 3.8) is 0 Å². The smallest absolute Gasteiger partial charge is 0.220 e. The summed E-state index contributed by atoms with van der Waals surface area (Å²) >= 11 is 0. The molecule has 6 nitrogen and oxygen atoms in total. The van der Waals surface area contributed by atoms with Gasteiger partial charge in [0, 0.05) is 32.4 Å². The van der Waals surface area contributed by atoms with Crippen LogP contribution in [-0.4, -0.2) is 46.8 Å². The van der Waals surface area contributed by atoms with Crippen molar-refractivity contribution in [2.24, 2.45) is 5.92 Å². The Morgan fingerprint density at radius 3 is 2.55 bits per heavy atom. The first-order valence-electron chi connectivity index (χ1n) is 11.7. The highest BCUT2D eigenvalue weighted by Crippen LogP contribution is 2.38. The highest BCUT2D eigenvalue weighted by molar-refractivity contribution is 5.75. The number of hydrogen-bond acceptors (Lipinski definition) is 4. The van der Waals surface area contributed by atoms with Gasteiger partial charge in [-0.3, -0.25) is 9.59 Å². The lowest BCUT2D eigenvalue weighted by Crippen LogP contribution is -2.43. The SMILES string of the molecule is CC(=O)NCCCCCC(=O)NC[C@@H]1CCC[C@@H](O)C[C@@H](c2ccccc2)C[C@@]1(C)O. The molecule has 2 rings (SSSR count). The number of carbonyl (C=O) groups excluding carboxylic acids is 2. The number of benzene rings is 1. The molecule has 4 atom stereocenters. The van der Waals surface area contributed by atoms with Crippen LogP contribution in [0.15, 0.2) is 30.3 Å². The molecule has 0 unspecified atom stereocenters. The number of nitrogens with one attached hydrogen (secondary N) is 2. The Labute approximate surface area is 186 Å². The lowest BCUT2D eigenvalue weighted by atomic mass is 9.77. The first kappa shape index (κ1) is 25.3. The first-order chi connectivity index (χ1) is 14.8. The fraction of sp³-hybridized carbons (Fsp3) is 0.680. The van der Waals surface area contributed by atoms with Crippen LogP contribution >= 0.6 is 0 Å². The Kier molecular flexibility index (Phi) is 10.5. The van der Waals surface area contributed by atoms with E-state index in [0.29, 0.717) is 32.4 Å². The van der Waals surface area contributed by atoms with Crippen LogP contribution in [0.5, 0.6) is 0 Å². The third-order valence-corrected chi connectivity index (χ3v) is 6.46. The largest absolute Gasteiger partial charge is 0.393 e. The zero-order valence-electron chi connectivity index (χ0n) is 19.1. The van der Waals surface area contributed by atoms with Gasteiger partial charge in [-0.1, -0.05) is 43.2 Å². The molecule has 0 heterocycles. The Balaban J connectivity index is 1.86. The summed E-state index contributed by atoms with van der Waals surface area (Å²) in [6, 6.07) is 10.1. The lowest BCUT2D eigenvalue weighted by molar-refractivity contribution is -0.122. The van der Waals surface area contributed by atoms with Crippen molar-refractivity contribution in [1.29, 1.82) is 0 Å². The fourth-order valence-corrected chi connectivity index (χ4v) is 4.58. The summed E-state index contributed by atoms with van der Waals surface area (Å²) in [7, 11) is 0. The fourth-order valence-electron chi connectivity index (χ4n) is 4.58. The molecule has 1 saturated carbocycles. The maximum atomic E-state index is 12.3. The van der Waals surface area contributed by atoms with E-state index in [1.54, 1.807) is 0 Å². The van der Waals surface area contributed by atoms with Gasteiger partial charge < -0.3 is 20.8 Å². The molecule has 174 valence electrons. The predicted octanol–water partition coefficient (Wildman–Crippen LogP) is 3.28. The van der Waals surface area contributed by atoms with Gasteiger partial charge >= 0.3 is 0 Å². The zero-order chi connectivity index (χ0) is 22.7. The Bertz CT molecular complexity index is 677. The maximum absolute atomic E-state index is 12.3. The number of aliphatic hydroxyl groups is 2. The van der Waals surface area contributed by atoms with Gasteiger partial charge in [-0.05, 0) is 56.9 Å². The summed E-state index contributed by atoms with van der Waals surface area (Å²) in [5.41, 5.74) is 0.224. The van der Waals surface area contributed by atoms with Crippen molar-refractivity contribution in [1.82, 2.24) is 10.6 Å². The van der Waals surface area contributed by atoms with Gasteiger partial charge in [-0.2, -0.15) is 0 Å².